The molecule has 3 aromatic rings. The SMILES string of the molecule is CCC(=N)N(C)CC[N-]c1c2ccccc2nc2ccccc12.N.N.O=[N+]([O-])[O-].O=[N+]([O-])[O-].[Cl-].[Pt+4]. The predicted molar refractivity (Wildman–Crippen MR) is 129 cm³/mol. The number of fused-ring (bicyclic) bond motifs is 2. The van der Waals surface area contributed by atoms with Crippen molar-refractivity contribution in [3.63, 3.8) is 0 Å². The number of aromatic nitrogens is 1. The molecule has 0 fully saturated rings. The van der Waals surface area contributed by atoms with Gasteiger partial charge in [-0.3, -0.25) is 5.41 Å². The van der Waals surface area contributed by atoms with Gasteiger partial charge in [-0.2, -0.15) is 0 Å². The zero-order valence-corrected chi connectivity index (χ0v) is 22.1. The van der Waals surface area contributed by atoms with E-state index in [0.717, 1.165) is 40.5 Å². The topological polar surface area (TPSA) is 256 Å². The summed E-state index contributed by atoms with van der Waals surface area (Å²) in [6.45, 7) is 3.41. The molecule has 0 aliphatic carbocycles. The van der Waals surface area contributed by atoms with Crippen LogP contribution in [0.4, 0.5) is 5.69 Å². The van der Waals surface area contributed by atoms with Crippen molar-refractivity contribution in [2.24, 2.45) is 0 Å². The van der Waals surface area contributed by atoms with Gasteiger partial charge in [-0.15, -0.1) is 12.2 Å². The molecule has 7 N–H and O–H groups in total. The summed E-state index contributed by atoms with van der Waals surface area (Å²) in [6, 6.07) is 16.3. The van der Waals surface area contributed by atoms with Gasteiger partial charge >= 0.3 is 21.1 Å². The number of amidine groups is 1. The fourth-order valence-corrected chi connectivity index (χ4v) is 2.70. The molecule has 0 aliphatic rings. The minimum Gasteiger partial charge on any atom is -1.00 e. The van der Waals surface area contributed by atoms with Crippen LogP contribution in [-0.4, -0.2) is 46.0 Å². The number of hydrogen-bond donors (Lipinski definition) is 3. The molecular formula is C19H27ClN8O6Pt. The van der Waals surface area contributed by atoms with Crippen LogP contribution in [-0.2, 0) is 21.1 Å². The zero-order chi connectivity index (χ0) is 23.4. The molecule has 0 saturated heterocycles. The molecule has 35 heavy (non-hydrogen) atoms. The standard InChI is InChI=1S/C19H21N4.ClH.2NO3.2H3N.Pt/c1-3-18(20)23(2)13-12-21-19-14-8-4-6-10-16(14)22-17-11-7-5-9-15(17)19;;2*2-1(3)4;;;/h4-11,20H,3,12-13H2,1-2H3;1H;;;2*1H3;/q-1;;2*-1;;;+4/p-1. The Balaban J connectivity index is -0.000000353. The van der Waals surface area contributed by atoms with Gasteiger partial charge in [0.05, 0.1) is 27.0 Å². The van der Waals surface area contributed by atoms with Crippen LogP contribution in [0.5, 0.6) is 0 Å². The first-order valence-electron chi connectivity index (χ1n) is 9.03. The monoisotopic (exact) mass is 693 g/mol. The van der Waals surface area contributed by atoms with Gasteiger partial charge in [0.15, 0.2) is 0 Å². The van der Waals surface area contributed by atoms with Crippen molar-refractivity contribution in [3.05, 3.63) is 84.5 Å². The van der Waals surface area contributed by atoms with Crippen molar-refractivity contribution in [3.8, 4) is 0 Å². The molecule has 0 bridgehead atoms. The number of benzene rings is 2. The number of para-hydroxylation sites is 2. The van der Waals surface area contributed by atoms with Gasteiger partial charge in [-0.1, -0.05) is 43.3 Å². The normalized spacial score (nSPS) is 8.51. The molecule has 3 rings (SSSR count). The Morgan fingerprint density at radius 2 is 1.31 bits per heavy atom. The molecular weight excluding hydrogens is 667 g/mol. The summed E-state index contributed by atoms with van der Waals surface area (Å²) in [4.78, 5) is 23.2. The summed E-state index contributed by atoms with van der Waals surface area (Å²) in [7, 11) is 1.95. The first-order chi connectivity index (χ1) is 14.7. The molecule has 2 aromatic carbocycles. The molecule has 0 saturated carbocycles. The second-order valence-corrected chi connectivity index (χ2v) is 6.05. The number of likely N-dealkylation sites (N-methyl/N-ethyl adjacent to an activating group) is 1. The third-order valence-corrected chi connectivity index (χ3v) is 4.06. The van der Waals surface area contributed by atoms with Gasteiger partial charge < -0.3 is 65.6 Å². The molecule has 0 aliphatic heterocycles. The summed E-state index contributed by atoms with van der Waals surface area (Å²) in [5.74, 6) is 0.643. The number of nitrogens with zero attached hydrogens (tertiary/aromatic N) is 5. The van der Waals surface area contributed by atoms with E-state index in [-0.39, 0.29) is 45.8 Å². The number of nitrogens with one attached hydrogen (secondary N) is 1. The quantitative estimate of drug-likeness (QED) is 0.114. The average molecular weight is 694 g/mol. The number of rotatable bonds is 5. The van der Waals surface area contributed by atoms with E-state index in [4.69, 9.17) is 46.4 Å². The first-order valence-corrected chi connectivity index (χ1v) is 9.03. The third-order valence-electron chi connectivity index (χ3n) is 4.06. The van der Waals surface area contributed by atoms with Crippen LogP contribution in [0.2, 0.25) is 0 Å². The van der Waals surface area contributed by atoms with Gasteiger partial charge in [0.2, 0.25) is 0 Å². The zero-order valence-electron chi connectivity index (χ0n) is 19.0. The second kappa shape index (κ2) is 20.1. The first kappa shape index (κ1) is 38.9. The molecule has 0 atom stereocenters. The number of pyridine rings is 1. The van der Waals surface area contributed by atoms with E-state index in [9.17, 15) is 0 Å². The van der Waals surface area contributed by atoms with Crippen LogP contribution in [0.25, 0.3) is 27.1 Å². The summed E-state index contributed by atoms with van der Waals surface area (Å²) in [6.07, 6.45) is 0.748. The average Bonchev–Trinajstić information content (AvgIpc) is 2.71. The van der Waals surface area contributed by atoms with E-state index in [1.54, 1.807) is 0 Å². The molecule has 0 amide bonds. The molecule has 0 spiro atoms. The number of halogens is 1. The maximum Gasteiger partial charge on any atom is 4.00 e. The summed E-state index contributed by atoms with van der Waals surface area (Å²) >= 11 is 0. The van der Waals surface area contributed by atoms with Crippen molar-refractivity contribution < 1.29 is 43.6 Å². The summed E-state index contributed by atoms with van der Waals surface area (Å²) < 4.78 is 0. The Kier molecular flexibility index (Phi) is 22.3. The molecule has 0 unspecified atom stereocenters. The Labute approximate surface area is 222 Å². The third kappa shape index (κ3) is 13.9. The van der Waals surface area contributed by atoms with Crippen LogP contribution in [0.15, 0.2) is 48.5 Å². The largest absolute Gasteiger partial charge is 4.00 e. The summed E-state index contributed by atoms with van der Waals surface area (Å²) in [5.41, 5.74) is 2.95. The van der Waals surface area contributed by atoms with E-state index < -0.39 is 10.2 Å². The smallest absolute Gasteiger partial charge is 1.00 e. The van der Waals surface area contributed by atoms with Crippen LogP contribution < -0.4 is 24.7 Å². The fourth-order valence-electron chi connectivity index (χ4n) is 2.70. The van der Waals surface area contributed by atoms with E-state index in [1.165, 1.54) is 0 Å². The maximum atomic E-state index is 8.25. The van der Waals surface area contributed by atoms with Crippen LogP contribution >= 0.6 is 0 Å². The van der Waals surface area contributed by atoms with Crippen LogP contribution in [0, 0.1) is 36.1 Å². The van der Waals surface area contributed by atoms with Gasteiger partial charge in [0, 0.05) is 20.0 Å². The van der Waals surface area contributed by atoms with Crippen molar-refractivity contribution in [2.45, 2.75) is 13.3 Å². The van der Waals surface area contributed by atoms with Gasteiger partial charge in [-0.25, -0.2) is 4.98 Å². The molecule has 14 nitrogen and oxygen atoms in total. The molecule has 196 valence electrons. The predicted octanol–water partition coefficient (Wildman–Crippen LogP) is 1.56. The maximum absolute atomic E-state index is 8.25. The van der Waals surface area contributed by atoms with Crippen molar-refractivity contribution in [1.29, 1.82) is 5.41 Å². The van der Waals surface area contributed by atoms with Crippen LogP contribution in [0.1, 0.15) is 13.3 Å². The van der Waals surface area contributed by atoms with Crippen LogP contribution in [0.3, 0.4) is 0 Å². The Morgan fingerprint density at radius 3 is 1.69 bits per heavy atom. The Hall–Kier alpha value is -3.32. The molecule has 16 heteroatoms. The Bertz CT molecular complexity index is 988. The van der Waals surface area contributed by atoms with Crippen molar-refractivity contribution in [2.75, 3.05) is 20.1 Å². The fraction of sp³-hybridized carbons (Fsp3) is 0.263. The molecule has 1 heterocycles. The van der Waals surface area contributed by atoms with E-state index >= 15 is 0 Å². The van der Waals surface area contributed by atoms with Gasteiger partial charge in [0.1, 0.15) is 0 Å². The second-order valence-electron chi connectivity index (χ2n) is 6.05. The minimum absolute atomic E-state index is 0. The molecule has 0 radical (unpaired) electrons. The van der Waals surface area contributed by atoms with Gasteiger partial charge in [0.25, 0.3) is 0 Å². The van der Waals surface area contributed by atoms with Gasteiger partial charge in [-0.05, 0) is 22.9 Å². The van der Waals surface area contributed by atoms with E-state index in [1.807, 2.05) is 55.3 Å². The van der Waals surface area contributed by atoms with Crippen molar-refractivity contribution >= 4 is 33.3 Å². The van der Waals surface area contributed by atoms with E-state index in [0.29, 0.717) is 12.4 Å². The van der Waals surface area contributed by atoms with E-state index in [2.05, 4.69) is 12.1 Å². The Morgan fingerprint density at radius 1 is 0.943 bits per heavy atom. The molecule has 1 aromatic heterocycles. The number of hydrogen-bond acceptors (Lipinski definition) is 10. The minimum atomic E-state index is -1.75. The summed E-state index contributed by atoms with van der Waals surface area (Å²) in [5, 5.41) is 44.4. The van der Waals surface area contributed by atoms with Crippen molar-refractivity contribution in [1.82, 2.24) is 22.2 Å².